The lowest BCUT2D eigenvalue weighted by Crippen LogP contribution is -2.29. The van der Waals surface area contributed by atoms with Gasteiger partial charge in [0.1, 0.15) is 0 Å². The lowest BCUT2D eigenvalue weighted by molar-refractivity contribution is 0.0737. The molecule has 18 heavy (non-hydrogen) atoms. The van der Waals surface area contributed by atoms with Crippen molar-refractivity contribution in [3.63, 3.8) is 0 Å². The van der Waals surface area contributed by atoms with Crippen molar-refractivity contribution in [2.75, 3.05) is 13.6 Å². The molecule has 0 saturated carbocycles. The molecule has 0 aliphatic heterocycles. The molecule has 0 atom stereocenters. The van der Waals surface area contributed by atoms with E-state index in [-0.39, 0.29) is 5.91 Å². The maximum Gasteiger partial charge on any atom is 0.292 e. The van der Waals surface area contributed by atoms with Crippen molar-refractivity contribution in [1.82, 2.24) is 10.1 Å². The highest BCUT2D eigenvalue weighted by Gasteiger charge is 2.20. The smallest absolute Gasteiger partial charge is 0.292 e. The molecule has 0 fully saturated rings. The van der Waals surface area contributed by atoms with E-state index in [1.165, 1.54) is 0 Å². The van der Waals surface area contributed by atoms with Crippen LogP contribution in [0.25, 0.3) is 0 Å². The zero-order valence-electron chi connectivity index (χ0n) is 12.1. The Bertz CT molecular complexity index is 381. The normalized spacial score (nSPS) is 11.3. The molecule has 4 nitrogen and oxygen atoms in total. The summed E-state index contributed by atoms with van der Waals surface area (Å²) in [5, 5.41) is 4.02. The molecule has 0 aliphatic rings. The number of rotatable bonds is 6. The number of carbonyl (C=O) groups is 1. The molecule has 1 amide bonds. The average Bonchev–Trinajstić information content (AvgIpc) is 2.78. The lowest BCUT2D eigenvalue weighted by atomic mass is 9.99. The van der Waals surface area contributed by atoms with Crippen LogP contribution in [-0.2, 0) is 0 Å². The van der Waals surface area contributed by atoms with Crippen LogP contribution in [0.4, 0.5) is 0 Å². The van der Waals surface area contributed by atoms with Gasteiger partial charge in [-0.2, -0.15) is 0 Å². The Morgan fingerprint density at radius 2 is 2.00 bits per heavy atom. The Kier molecular flexibility index (Phi) is 5.38. The van der Waals surface area contributed by atoms with Crippen molar-refractivity contribution < 1.29 is 9.32 Å². The summed E-state index contributed by atoms with van der Waals surface area (Å²) in [6, 6.07) is 1.79. The van der Waals surface area contributed by atoms with E-state index in [0.29, 0.717) is 17.6 Å². The summed E-state index contributed by atoms with van der Waals surface area (Å²) in [6.07, 6.45) is 2.02. The first-order chi connectivity index (χ1) is 8.49. The first kappa shape index (κ1) is 14.7. The van der Waals surface area contributed by atoms with Crippen molar-refractivity contribution in [2.45, 2.75) is 46.5 Å². The number of carbonyl (C=O) groups excluding carboxylic acids is 1. The van der Waals surface area contributed by atoms with Crippen LogP contribution in [0, 0.1) is 5.92 Å². The van der Waals surface area contributed by atoms with Crippen molar-refractivity contribution in [1.29, 1.82) is 0 Å². The molecule has 0 spiro atoms. The Labute approximate surface area is 109 Å². The predicted molar refractivity (Wildman–Crippen MR) is 71.6 cm³/mol. The van der Waals surface area contributed by atoms with Gasteiger partial charge in [-0.1, -0.05) is 32.9 Å². The summed E-state index contributed by atoms with van der Waals surface area (Å²) in [6.45, 7) is 9.13. The standard InChI is InChI=1S/C14H24N2O2/c1-6-11(7-2)12-8-13(18-15-12)14(17)16(5)9-10(3)4/h8,10-11H,6-7,9H2,1-5H3. The Balaban J connectivity index is 2.76. The first-order valence-corrected chi connectivity index (χ1v) is 6.71. The van der Waals surface area contributed by atoms with Crippen LogP contribution in [0.3, 0.4) is 0 Å². The summed E-state index contributed by atoms with van der Waals surface area (Å²) in [7, 11) is 1.79. The molecule has 1 rings (SSSR count). The highest BCUT2D eigenvalue weighted by Crippen LogP contribution is 2.22. The number of amides is 1. The fourth-order valence-corrected chi connectivity index (χ4v) is 2.11. The second-order valence-electron chi connectivity index (χ2n) is 5.21. The molecule has 0 unspecified atom stereocenters. The van der Waals surface area contributed by atoms with Gasteiger partial charge in [0.05, 0.1) is 5.69 Å². The van der Waals surface area contributed by atoms with E-state index in [0.717, 1.165) is 25.1 Å². The third kappa shape index (κ3) is 3.59. The van der Waals surface area contributed by atoms with E-state index in [2.05, 4.69) is 32.9 Å². The van der Waals surface area contributed by atoms with E-state index < -0.39 is 0 Å². The van der Waals surface area contributed by atoms with Crippen LogP contribution in [0.15, 0.2) is 10.6 Å². The monoisotopic (exact) mass is 252 g/mol. The van der Waals surface area contributed by atoms with Gasteiger partial charge in [-0.05, 0) is 18.8 Å². The number of hydrogen-bond donors (Lipinski definition) is 0. The van der Waals surface area contributed by atoms with Gasteiger partial charge in [-0.3, -0.25) is 4.79 Å². The summed E-state index contributed by atoms with van der Waals surface area (Å²) in [4.78, 5) is 13.8. The summed E-state index contributed by atoms with van der Waals surface area (Å²) < 4.78 is 5.17. The van der Waals surface area contributed by atoms with Crippen LogP contribution < -0.4 is 0 Å². The van der Waals surface area contributed by atoms with Gasteiger partial charge in [0.2, 0.25) is 5.76 Å². The van der Waals surface area contributed by atoms with Gasteiger partial charge in [0.15, 0.2) is 0 Å². The first-order valence-electron chi connectivity index (χ1n) is 6.71. The zero-order valence-corrected chi connectivity index (χ0v) is 12.1. The fraction of sp³-hybridized carbons (Fsp3) is 0.714. The molecule has 0 aliphatic carbocycles. The minimum absolute atomic E-state index is 0.0894. The van der Waals surface area contributed by atoms with Gasteiger partial charge >= 0.3 is 0 Å². The molecule has 0 radical (unpaired) electrons. The van der Waals surface area contributed by atoms with E-state index >= 15 is 0 Å². The molecule has 0 aromatic carbocycles. The molecule has 1 aromatic rings. The van der Waals surface area contributed by atoms with Gasteiger partial charge in [0.25, 0.3) is 5.91 Å². The van der Waals surface area contributed by atoms with E-state index in [9.17, 15) is 4.79 Å². The zero-order chi connectivity index (χ0) is 13.7. The van der Waals surface area contributed by atoms with E-state index in [1.807, 2.05) is 0 Å². The Morgan fingerprint density at radius 3 is 2.50 bits per heavy atom. The fourth-order valence-electron chi connectivity index (χ4n) is 2.11. The number of aromatic nitrogens is 1. The third-order valence-corrected chi connectivity index (χ3v) is 3.13. The molecule has 1 heterocycles. The topological polar surface area (TPSA) is 46.3 Å². The number of hydrogen-bond acceptors (Lipinski definition) is 3. The molecule has 0 N–H and O–H groups in total. The summed E-state index contributed by atoms with van der Waals surface area (Å²) >= 11 is 0. The highest BCUT2D eigenvalue weighted by atomic mass is 16.5. The molecule has 102 valence electrons. The maximum absolute atomic E-state index is 12.1. The van der Waals surface area contributed by atoms with Gasteiger partial charge in [0, 0.05) is 25.6 Å². The molecule has 4 heteroatoms. The minimum Gasteiger partial charge on any atom is -0.351 e. The van der Waals surface area contributed by atoms with E-state index in [4.69, 9.17) is 4.52 Å². The highest BCUT2D eigenvalue weighted by molar-refractivity contribution is 5.91. The molecule has 1 aromatic heterocycles. The molecule has 0 saturated heterocycles. The van der Waals surface area contributed by atoms with Crippen LogP contribution in [0.2, 0.25) is 0 Å². The Morgan fingerprint density at radius 1 is 1.39 bits per heavy atom. The largest absolute Gasteiger partial charge is 0.351 e. The van der Waals surface area contributed by atoms with Crippen LogP contribution >= 0.6 is 0 Å². The second kappa shape index (κ2) is 6.57. The molecule has 0 bridgehead atoms. The maximum atomic E-state index is 12.1. The second-order valence-corrected chi connectivity index (χ2v) is 5.21. The van der Waals surface area contributed by atoms with Gasteiger partial charge in [-0.25, -0.2) is 0 Å². The van der Waals surface area contributed by atoms with Gasteiger partial charge in [-0.15, -0.1) is 0 Å². The molecular formula is C14H24N2O2. The van der Waals surface area contributed by atoms with Crippen LogP contribution in [0.5, 0.6) is 0 Å². The van der Waals surface area contributed by atoms with Crippen LogP contribution in [-0.4, -0.2) is 29.6 Å². The van der Waals surface area contributed by atoms with Crippen molar-refractivity contribution >= 4 is 5.91 Å². The van der Waals surface area contributed by atoms with Crippen LogP contribution in [0.1, 0.15) is 62.7 Å². The van der Waals surface area contributed by atoms with Gasteiger partial charge < -0.3 is 9.42 Å². The lowest BCUT2D eigenvalue weighted by Gasteiger charge is -2.17. The molecular weight excluding hydrogens is 228 g/mol. The predicted octanol–water partition coefficient (Wildman–Crippen LogP) is 3.31. The SMILES string of the molecule is CCC(CC)c1cc(C(=O)N(C)CC(C)C)on1. The summed E-state index contributed by atoms with van der Waals surface area (Å²) in [5.74, 6) is 1.08. The van der Waals surface area contributed by atoms with Crippen molar-refractivity contribution in [3.8, 4) is 0 Å². The number of nitrogens with zero attached hydrogens (tertiary/aromatic N) is 2. The minimum atomic E-state index is -0.0894. The quantitative estimate of drug-likeness (QED) is 0.780. The van der Waals surface area contributed by atoms with E-state index in [1.54, 1.807) is 18.0 Å². The third-order valence-electron chi connectivity index (χ3n) is 3.13. The summed E-state index contributed by atoms with van der Waals surface area (Å²) in [5.41, 5.74) is 0.890. The Hall–Kier alpha value is -1.32. The van der Waals surface area contributed by atoms with Crippen molar-refractivity contribution in [2.24, 2.45) is 5.92 Å². The van der Waals surface area contributed by atoms with Crippen molar-refractivity contribution in [3.05, 3.63) is 17.5 Å². The average molecular weight is 252 g/mol.